The summed E-state index contributed by atoms with van der Waals surface area (Å²) >= 11 is 0. The Morgan fingerprint density at radius 2 is 0.789 bits per heavy atom. The summed E-state index contributed by atoms with van der Waals surface area (Å²) in [6.07, 6.45) is 0. The second-order valence-electron chi connectivity index (χ2n) is 19.7. The third kappa shape index (κ3) is 6.36. The smallest absolute Gasteiger partial charge is 0.130 e. The van der Waals surface area contributed by atoms with Gasteiger partial charge in [0.1, 0.15) is 168 Å². The average molecular weight is 854 g/mol. The molecule has 0 amide bonds. The topological polar surface area (TPSA) is 16.4 Å². The second kappa shape index (κ2) is 16.2. The van der Waals surface area contributed by atoms with Crippen LogP contribution in [0.3, 0.4) is 0 Å². The number of hydrogen-bond donors (Lipinski definition) is 0. The van der Waals surface area contributed by atoms with Crippen molar-refractivity contribution in [2.45, 2.75) is 45.4 Å². The van der Waals surface area contributed by atoms with E-state index in [-0.39, 0.29) is 137 Å². The van der Waals surface area contributed by atoms with Gasteiger partial charge in [0.25, 0.3) is 0 Å². The highest BCUT2D eigenvalue weighted by Crippen LogP contribution is 2.51. The molecule has 7 aromatic carbocycles. The molecule has 1 aromatic heterocycles. The van der Waals surface area contributed by atoms with Crippen molar-refractivity contribution in [2.75, 3.05) is 4.90 Å². The van der Waals surface area contributed by atoms with Crippen molar-refractivity contribution in [3.05, 3.63) is 52.1 Å². The number of nitrogens with zero attached hydrogens (tertiary/aromatic N) is 1. The van der Waals surface area contributed by atoms with E-state index in [0.29, 0.717) is 72.1 Å². The molecule has 0 atom stereocenters. The van der Waals surface area contributed by atoms with Gasteiger partial charge >= 0.3 is 0 Å². The zero-order chi connectivity index (χ0) is 52.1. The molecule has 0 unspecified atom stereocenters. The van der Waals surface area contributed by atoms with E-state index in [1.54, 1.807) is 23.1 Å². The Balaban J connectivity index is 1.35. The van der Waals surface area contributed by atoms with Crippen LogP contribution in [0.15, 0.2) is 28.7 Å². The Labute approximate surface area is 442 Å². The minimum absolute atomic E-state index is 0.00193. The molecular weight excluding hydrogens is 835 g/mol. The fourth-order valence-electron chi connectivity index (χ4n) is 11.7. The molecule has 40 radical (unpaired) electrons. The van der Waals surface area contributed by atoms with Gasteiger partial charge in [-0.05, 0) is 62.6 Å². The van der Waals surface area contributed by atoms with Crippen LogP contribution in [-0.2, 0) is 10.8 Å². The number of anilines is 3. The Hall–Kier alpha value is -4.56. The van der Waals surface area contributed by atoms with Gasteiger partial charge in [-0.25, -0.2) is 0 Å². The van der Waals surface area contributed by atoms with E-state index >= 15 is 0 Å². The van der Waals surface area contributed by atoms with Crippen molar-refractivity contribution in [3.63, 3.8) is 0 Å². The van der Waals surface area contributed by atoms with Crippen molar-refractivity contribution >= 4 is 305 Å². The molecule has 0 spiro atoms. The SMILES string of the molecule is [B]c1cc(-c2c([B])c(C)c([B])c3c2-c2c([B])c([B])c([B])c([B])c2C3(C)C)cc([B])c1N(c1c([B])cc2c(c1[B])C(C)(C)c1c([B])c([B])c([B])c([B])c1-2)c1c([B])cc([B])c2oc3c([B])c([B])c([B])c([B])c3c12. The van der Waals surface area contributed by atoms with E-state index in [4.69, 9.17) is 161 Å². The number of rotatable bonds is 4. The van der Waals surface area contributed by atoms with E-state index in [1.807, 2.05) is 34.6 Å². The molecule has 8 aromatic rings. The molecule has 22 heteroatoms. The Kier molecular flexibility index (Phi) is 11.4. The summed E-state index contributed by atoms with van der Waals surface area (Å²) in [6, 6.07) is 6.60. The van der Waals surface area contributed by atoms with Crippen LogP contribution >= 0.6 is 0 Å². The van der Waals surface area contributed by atoms with E-state index < -0.39 is 10.8 Å². The number of benzene rings is 7. The lowest BCUT2D eigenvalue weighted by Crippen LogP contribution is -2.50. The average Bonchev–Trinajstić information content (AvgIpc) is 3.89. The molecule has 0 fully saturated rings. The molecule has 0 saturated carbocycles. The zero-order valence-electron chi connectivity index (χ0n) is 39.7. The van der Waals surface area contributed by atoms with Crippen molar-refractivity contribution in [2.24, 2.45) is 0 Å². The fourth-order valence-corrected chi connectivity index (χ4v) is 11.7. The molecule has 2 aliphatic rings. The van der Waals surface area contributed by atoms with Gasteiger partial charge in [-0.3, -0.25) is 0 Å². The first-order valence-electron chi connectivity index (χ1n) is 22.2. The minimum Gasteiger partial charge on any atom is -0.457 e. The summed E-state index contributed by atoms with van der Waals surface area (Å²) < 4.78 is 6.42. The van der Waals surface area contributed by atoms with E-state index in [9.17, 15) is 0 Å². The highest BCUT2D eigenvalue weighted by atomic mass is 16.3. The quantitative estimate of drug-likeness (QED) is 0.164. The summed E-state index contributed by atoms with van der Waals surface area (Å²) in [7, 11) is 137. The first-order valence-corrected chi connectivity index (χ1v) is 22.2. The van der Waals surface area contributed by atoms with E-state index in [2.05, 4.69) is 0 Å². The Morgan fingerprint density at radius 3 is 1.37 bits per heavy atom. The van der Waals surface area contributed by atoms with Gasteiger partial charge in [-0.15, -0.1) is 32.8 Å². The molecule has 0 saturated heterocycles. The third-order valence-corrected chi connectivity index (χ3v) is 15.1. The molecule has 0 N–H and O–H groups in total. The van der Waals surface area contributed by atoms with Gasteiger partial charge in [-0.1, -0.05) is 134 Å². The van der Waals surface area contributed by atoms with Gasteiger partial charge in [0.15, 0.2) is 0 Å². The summed E-state index contributed by atoms with van der Waals surface area (Å²) in [5.74, 6) is 0. The molecule has 10 rings (SSSR count). The summed E-state index contributed by atoms with van der Waals surface area (Å²) in [6.45, 7) is 9.62. The standard InChI is InChI=1S/C49H19B20NO/c1-10-28(55)18(20-21-27(49(4,5)26(20)29(10)56)34(61)40(67)37(64)31(21)58)11-6-13(50)43(14(51)7-11)70(44-16(53)9-17(54)46-23(44)22-32(59)38(65)41(68)42(69)47(22)71-46)45-15(52)8-12-19-25(48(2,3)24(12)35(45)62)33(60)39(66)36(63)30(19)57/h6-9H,1-5H3. The van der Waals surface area contributed by atoms with Crippen LogP contribution in [0.1, 0.15) is 55.5 Å². The van der Waals surface area contributed by atoms with Crippen LogP contribution in [0.4, 0.5) is 17.1 Å². The summed E-state index contributed by atoms with van der Waals surface area (Å²) in [4.78, 5) is 1.63. The van der Waals surface area contributed by atoms with Crippen LogP contribution < -0.4 is 114 Å². The lowest BCUT2D eigenvalue weighted by Gasteiger charge is -2.37. The molecule has 286 valence electrons. The molecule has 0 aliphatic heterocycles. The molecule has 2 aliphatic carbocycles. The molecule has 71 heavy (non-hydrogen) atoms. The van der Waals surface area contributed by atoms with Crippen molar-refractivity contribution in [3.8, 4) is 33.4 Å². The van der Waals surface area contributed by atoms with Crippen molar-refractivity contribution in [1.82, 2.24) is 0 Å². The van der Waals surface area contributed by atoms with Crippen LogP contribution in [0.2, 0.25) is 0 Å². The maximum absolute atomic E-state index is 7.52. The maximum Gasteiger partial charge on any atom is 0.130 e. The van der Waals surface area contributed by atoms with Gasteiger partial charge in [-0.2, -0.15) is 0 Å². The maximum atomic E-state index is 7.52. The molecular formula is C49H19B20NO. The predicted octanol–water partition coefficient (Wildman–Crippen LogP) is -10.5. The highest BCUT2D eigenvalue weighted by Gasteiger charge is 2.43. The van der Waals surface area contributed by atoms with Crippen LogP contribution in [0.5, 0.6) is 0 Å². The largest absolute Gasteiger partial charge is 0.457 e. The van der Waals surface area contributed by atoms with Gasteiger partial charge < -0.3 is 9.32 Å². The van der Waals surface area contributed by atoms with Crippen LogP contribution in [0, 0.1) is 6.92 Å². The van der Waals surface area contributed by atoms with E-state index in [1.165, 1.54) is 6.07 Å². The first kappa shape index (κ1) is 50.0. The lowest BCUT2D eigenvalue weighted by molar-refractivity contribution is 0.669. The first-order chi connectivity index (χ1) is 33.0. The number of furan rings is 1. The second-order valence-corrected chi connectivity index (χ2v) is 19.7. The van der Waals surface area contributed by atoms with Crippen molar-refractivity contribution in [1.29, 1.82) is 0 Å². The Morgan fingerprint density at radius 1 is 0.338 bits per heavy atom. The number of fused-ring (bicyclic) bond motifs is 9. The van der Waals surface area contributed by atoms with Gasteiger partial charge in [0.05, 0.1) is 11.1 Å². The van der Waals surface area contributed by atoms with Crippen LogP contribution in [-0.4, -0.2) is 157 Å². The molecule has 0 bridgehead atoms. The lowest BCUT2D eigenvalue weighted by atomic mass is 9.61. The summed E-state index contributed by atoms with van der Waals surface area (Å²) in [5.41, 5.74) is 7.94. The zero-order valence-corrected chi connectivity index (χ0v) is 39.7. The van der Waals surface area contributed by atoms with Gasteiger partial charge in [0.2, 0.25) is 0 Å². The highest BCUT2D eigenvalue weighted by molar-refractivity contribution is 6.69. The molecule has 1 heterocycles. The van der Waals surface area contributed by atoms with Crippen molar-refractivity contribution < 1.29 is 4.42 Å². The third-order valence-electron chi connectivity index (χ3n) is 15.1. The normalized spacial score (nSPS) is 13.9. The Bertz CT molecular complexity index is 3830. The summed E-state index contributed by atoms with van der Waals surface area (Å²) in [5, 5.41) is 0.473. The van der Waals surface area contributed by atoms with E-state index in [0.717, 1.165) is 0 Å². The fraction of sp³-hybridized carbons (Fsp3) is 0.143. The van der Waals surface area contributed by atoms with Crippen LogP contribution in [0.25, 0.3) is 55.3 Å². The predicted molar refractivity (Wildman–Crippen MR) is 321 cm³/mol. The monoisotopic (exact) mass is 857 g/mol. The number of hydrogen-bond acceptors (Lipinski definition) is 2. The molecule has 2 nitrogen and oxygen atoms in total. The minimum atomic E-state index is -0.965. The van der Waals surface area contributed by atoms with Gasteiger partial charge in [0, 0.05) is 27.6 Å².